The second-order valence-corrected chi connectivity index (χ2v) is 6.31. The van der Waals surface area contributed by atoms with E-state index in [1.807, 2.05) is 41.1 Å². The van der Waals surface area contributed by atoms with Crippen LogP contribution in [0.15, 0.2) is 47.2 Å². The van der Waals surface area contributed by atoms with Crippen molar-refractivity contribution in [3.05, 3.63) is 58.4 Å². The number of aromatic nitrogens is 2. The lowest BCUT2D eigenvalue weighted by molar-refractivity contribution is -0.121. The zero-order valence-corrected chi connectivity index (χ0v) is 14.9. The number of benzene rings is 1. The van der Waals surface area contributed by atoms with Crippen LogP contribution in [0.2, 0.25) is 0 Å². The quantitative estimate of drug-likeness (QED) is 0.581. The molecule has 8 heteroatoms. The molecule has 7 nitrogen and oxygen atoms in total. The van der Waals surface area contributed by atoms with Crippen LogP contribution in [0.25, 0.3) is 11.3 Å². The number of carbonyl (C=O) groups is 2. The lowest BCUT2D eigenvalue weighted by atomic mass is 10.1. The highest BCUT2D eigenvalue weighted by molar-refractivity contribution is 7.07. The lowest BCUT2D eigenvalue weighted by Crippen LogP contribution is -2.41. The van der Waals surface area contributed by atoms with E-state index in [9.17, 15) is 9.59 Å². The molecule has 2 aromatic heterocycles. The Kier molecular flexibility index (Phi) is 5.65. The van der Waals surface area contributed by atoms with Gasteiger partial charge in [-0.25, -0.2) is 0 Å². The van der Waals surface area contributed by atoms with Crippen LogP contribution in [0.3, 0.4) is 0 Å². The van der Waals surface area contributed by atoms with Crippen molar-refractivity contribution in [3.8, 4) is 17.0 Å². The molecule has 3 rings (SSSR count). The molecule has 2 heterocycles. The highest BCUT2D eigenvalue weighted by Gasteiger charge is 2.12. The number of H-pyrrole nitrogens is 1. The molecule has 2 amide bonds. The predicted molar refractivity (Wildman–Crippen MR) is 98.8 cm³/mol. The van der Waals surface area contributed by atoms with Gasteiger partial charge in [0, 0.05) is 12.0 Å². The molecule has 0 aliphatic rings. The van der Waals surface area contributed by atoms with Crippen molar-refractivity contribution in [2.24, 2.45) is 0 Å². The highest BCUT2D eigenvalue weighted by Crippen LogP contribution is 2.21. The number of aromatic amines is 1. The molecule has 0 aliphatic heterocycles. The SMILES string of the molecule is COc1ccc(-c2cc(C(=O)NNC(=O)CCc3ccsc3)[nH]n2)cc1. The monoisotopic (exact) mass is 370 g/mol. The fourth-order valence-corrected chi connectivity index (χ4v) is 3.00. The molecule has 134 valence electrons. The second kappa shape index (κ2) is 8.30. The maximum absolute atomic E-state index is 12.1. The summed E-state index contributed by atoms with van der Waals surface area (Å²) in [5.74, 6) is 0.0352. The van der Waals surface area contributed by atoms with E-state index in [0.717, 1.165) is 16.9 Å². The molecule has 1 aromatic carbocycles. The average Bonchev–Trinajstić information content (AvgIpc) is 3.36. The largest absolute Gasteiger partial charge is 0.497 e. The smallest absolute Gasteiger partial charge is 0.287 e. The Morgan fingerprint density at radius 3 is 2.69 bits per heavy atom. The number of hydrogen-bond acceptors (Lipinski definition) is 5. The van der Waals surface area contributed by atoms with E-state index in [1.54, 1.807) is 24.5 Å². The number of aryl methyl sites for hydroxylation is 1. The van der Waals surface area contributed by atoms with E-state index in [0.29, 0.717) is 18.5 Å². The predicted octanol–water partition coefficient (Wildman–Crippen LogP) is 2.54. The summed E-state index contributed by atoms with van der Waals surface area (Å²) < 4.78 is 5.11. The van der Waals surface area contributed by atoms with E-state index in [2.05, 4.69) is 21.0 Å². The number of methoxy groups -OCH3 is 1. The van der Waals surface area contributed by atoms with Gasteiger partial charge in [0.15, 0.2) is 0 Å². The Morgan fingerprint density at radius 1 is 1.19 bits per heavy atom. The molecule has 0 unspecified atom stereocenters. The lowest BCUT2D eigenvalue weighted by Gasteiger charge is -2.05. The van der Waals surface area contributed by atoms with Crippen molar-refractivity contribution >= 4 is 23.2 Å². The normalized spacial score (nSPS) is 10.3. The molecule has 0 fully saturated rings. The third kappa shape index (κ3) is 4.48. The average molecular weight is 370 g/mol. The van der Waals surface area contributed by atoms with Gasteiger partial charge in [-0.3, -0.25) is 25.5 Å². The molecular weight excluding hydrogens is 352 g/mol. The minimum Gasteiger partial charge on any atom is -0.497 e. The van der Waals surface area contributed by atoms with Crippen molar-refractivity contribution < 1.29 is 14.3 Å². The zero-order valence-electron chi connectivity index (χ0n) is 14.1. The van der Waals surface area contributed by atoms with Crippen LogP contribution in [0.1, 0.15) is 22.5 Å². The first-order valence-electron chi connectivity index (χ1n) is 7.96. The first kappa shape index (κ1) is 17.7. The molecular formula is C18H18N4O3S. The number of carbonyl (C=O) groups excluding carboxylic acids is 2. The third-order valence-corrected chi connectivity index (χ3v) is 4.48. The van der Waals surface area contributed by atoms with Crippen LogP contribution in [0, 0.1) is 0 Å². The van der Waals surface area contributed by atoms with Gasteiger partial charge in [0.1, 0.15) is 11.4 Å². The van der Waals surface area contributed by atoms with Gasteiger partial charge in [0.2, 0.25) is 5.91 Å². The molecule has 0 saturated carbocycles. The summed E-state index contributed by atoms with van der Waals surface area (Å²) in [5.41, 5.74) is 7.63. The highest BCUT2D eigenvalue weighted by atomic mass is 32.1. The molecule has 0 aliphatic carbocycles. The molecule has 0 spiro atoms. The number of hydrazine groups is 1. The Hall–Kier alpha value is -3.13. The van der Waals surface area contributed by atoms with Crippen LogP contribution < -0.4 is 15.6 Å². The van der Waals surface area contributed by atoms with Crippen LogP contribution in [-0.4, -0.2) is 29.1 Å². The Morgan fingerprint density at radius 2 is 2.00 bits per heavy atom. The third-order valence-electron chi connectivity index (χ3n) is 3.74. The van der Waals surface area contributed by atoms with Gasteiger partial charge >= 0.3 is 0 Å². The number of nitrogens with zero attached hydrogens (tertiary/aromatic N) is 1. The Balaban J connectivity index is 1.51. The van der Waals surface area contributed by atoms with Crippen LogP contribution in [0.4, 0.5) is 0 Å². The number of hydrogen-bond donors (Lipinski definition) is 3. The first-order valence-corrected chi connectivity index (χ1v) is 8.90. The minimum absolute atomic E-state index is 0.251. The van der Waals surface area contributed by atoms with Gasteiger partial charge in [-0.15, -0.1) is 0 Å². The number of amides is 2. The van der Waals surface area contributed by atoms with E-state index < -0.39 is 5.91 Å². The summed E-state index contributed by atoms with van der Waals surface area (Å²) in [7, 11) is 1.60. The first-order chi connectivity index (χ1) is 12.7. The second-order valence-electron chi connectivity index (χ2n) is 5.53. The summed E-state index contributed by atoms with van der Waals surface area (Å²) >= 11 is 1.59. The van der Waals surface area contributed by atoms with Gasteiger partial charge in [-0.05, 0) is 59.1 Å². The summed E-state index contributed by atoms with van der Waals surface area (Å²) in [6.07, 6.45) is 0.938. The Labute approximate surface area is 154 Å². The number of thiophene rings is 1. The maximum Gasteiger partial charge on any atom is 0.287 e. The van der Waals surface area contributed by atoms with E-state index in [-0.39, 0.29) is 11.6 Å². The van der Waals surface area contributed by atoms with Crippen LogP contribution >= 0.6 is 11.3 Å². The van der Waals surface area contributed by atoms with E-state index in [4.69, 9.17) is 4.74 Å². The summed E-state index contributed by atoms with van der Waals surface area (Å²) in [5, 5.41) is 10.8. The minimum atomic E-state index is -0.457. The molecule has 26 heavy (non-hydrogen) atoms. The van der Waals surface area contributed by atoms with Crippen LogP contribution in [-0.2, 0) is 11.2 Å². The topological polar surface area (TPSA) is 96.1 Å². The van der Waals surface area contributed by atoms with E-state index >= 15 is 0 Å². The molecule has 0 bridgehead atoms. The fourth-order valence-electron chi connectivity index (χ4n) is 2.30. The number of ether oxygens (including phenoxy) is 1. The van der Waals surface area contributed by atoms with Crippen molar-refractivity contribution in [1.82, 2.24) is 21.0 Å². The standard InChI is InChI=1S/C18H18N4O3S/c1-25-14-5-3-13(4-6-14)15-10-16(20-19-15)18(24)22-21-17(23)7-2-12-8-9-26-11-12/h3-6,8-11H,2,7H2,1H3,(H,19,20)(H,21,23)(H,22,24). The molecule has 0 atom stereocenters. The van der Waals surface area contributed by atoms with Crippen molar-refractivity contribution in [2.75, 3.05) is 7.11 Å². The summed E-state index contributed by atoms with van der Waals surface area (Å²) in [6.45, 7) is 0. The zero-order chi connectivity index (χ0) is 18.4. The molecule has 0 saturated heterocycles. The van der Waals surface area contributed by atoms with Crippen molar-refractivity contribution in [2.45, 2.75) is 12.8 Å². The van der Waals surface area contributed by atoms with Gasteiger partial charge < -0.3 is 4.74 Å². The van der Waals surface area contributed by atoms with Gasteiger partial charge in [0.05, 0.1) is 12.8 Å². The van der Waals surface area contributed by atoms with E-state index in [1.165, 1.54) is 0 Å². The van der Waals surface area contributed by atoms with Gasteiger partial charge in [-0.2, -0.15) is 16.4 Å². The van der Waals surface area contributed by atoms with Crippen molar-refractivity contribution in [1.29, 1.82) is 0 Å². The summed E-state index contributed by atoms with van der Waals surface area (Å²) in [6, 6.07) is 10.9. The maximum atomic E-state index is 12.1. The fraction of sp³-hybridized carbons (Fsp3) is 0.167. The van der Waals surface area contributed by atoms with Crippen molar-refractivity contribution in [3.63, 3.8) is 0 Å². The molecule has 3 N–H and O–H groups in total. The number of nitrogens with one attached hydrogen (secondary N) is 3. The summed E-state index contributed by atoms with van der Waals surface area (Å²) in [4.78, 5) is 23.9. The van der Waals surface area contributed by atoms with Crippen LogP contribution in [0.5, 0.6) is 5.75 Å². The molecule has 0 radical (unpaired) electrons. The van der Waals surface area contributed by atoms with Gasteiger partial charge in [0.25, 0.3) is 5.91 Å². The van der Waals surface area contributed by atoms with Gasteiger partial charge in [-0.1, -0.05) is 0 Å². The number of rotatable bonds is 6. The molecule has 3 aromatic rings. The Bertz CT molecular complexity index is 872.